The maximum atomic E-state index is 12.1. The highest BCUT2D eigenvalue weighted by molar-refractivity contribution is 5.68. The predicted molar refractivity (Wildman–Crippen MR) is 135 cm³/mol. The number of aryl methyl sites for hydroxylation is 1. The van der Waals surface area contributed by atoms with E-state index >= 15 is 0 Å². The summed E-state index contributed by atoms with van der Waals surface area (Å²) in [4.78, 5) is 21.5. The lowest BCUT2D eigenvalue weighted by Gasteiger charge is -2.34. The molecule has 0 bridgehead atoms. The molecule has 1 amide bonds. The number of ether oxygens (including phenoxy) is 1. The van der Waals surface area contributed by atoms with Crippen molar-refractivity contribution in [3.05, 3.63) is 47.2 Å². The first-order chi connectivity index (χ1) is 16.1. The summed E-state index contributed by atoms with van der Waals surface area (Å²) in [6.45, 7) is 10.8. The molecule has 1 aromatic heterocycles. The largest absolute Gasteiger partial charge is 0.444 e. The van der Waals surface area contributed by atoms with E-state index in [1.54, 1.807) is 0 Å². The molecule has 8 heteroatoms. The Kier molecular flexibility index (Phi) is 6.71. The first-order valence-electron chi connectivity index (χ1n) is 12.2. The SMILES string of the molecule is CNc1ncc2c(n1)N(CC1CCC(NC(=O)OC(C)(C)C)CC1)NC2(C)c1ccc(C)cc1. The number of rotatable bonds is 5. The molecule has 2 aromatic rings. The fourth-order valence-electron chi connectivity index (χ4n) is 4.90. The number of carbonyl (C=O) groups excluding carboxylic acids is 1. The molecular weight excluding hydrogens is 428 g/mol. The van der Waals surface area contributed by atoms with E-state index < -0.39 is 11.1 Å². The number of nitrogens with zero attached hydrogens (tertiary/aromatic N) is 3. The van der Waals surface area contributed by atoms with Crippen molar-refractivity contribution in [1.82, 2.24) is 20.7 Å². The number of hydrazine groups is 1. The lowest BCUT2D eigenvalue weighted by molar-refractivity contribution is 0.0487. The van der Waals surface area contributed by atoms with Crippen molar-refractivity contribution in [2.24, 2.45) is 5.92 Å². The summed E-state index contributed by atoms with van der Waals surface area (Å²) in [7, 11) is 1.84. The second-order valence-electron chi connectivity index (χ2n) is 10.8. The van der Waals surface area contributed by atoms with Gasteiger partial charge in [-0.15, -0.1) is 0 Å². The van der Waals surface area contributed by atoms with Crippen LogP contribution >= 0.6 is 0 Å². The number of alkyl carbamates (subject to hydrolysis) is 1. The van der Waals surface area contributed by atoms with E-state index in [2.05, 4.69) is 64.2 Å². The zero-order valence-corrected chi connectivity index (χ0v) is 21.2. The number of hydrogen-bond acceptors (Lipinski definition) is 7. The molecule has 0 spiro atoms. The van der Waals surface area contributed by atoms with Crippen LogP contribution in [-0.4, -0.2) is 41.3 Å². The van der Waals surface area contributed by atoms with Crippen LogP contribution in [0.2, 0.25) is 0 Å². The van der Waals surface area contributed by atoms with Gasteiger partial charge in [-0.25, -0.2) is 15.2 Å². The first kappa shape index (κ1) is 24.3. The van der Waals surface area contributed by atoms with Gasteiger partial charge in [0.05, 0.1) is 5.54 Å². The average molecular weight is 467 g/mol. The Hall–Kier alpha value is -2.87. The highest BCUT2D eigenvalue weighted by Crippen LogP contribution is 2.41. The summed E-state index contributed by atoms with van der Waals surface area (Å²) >= 11 is 0. The minimum Gasteiger partial charge on any atom is -0.444 e. The van der Waals surface area contributed by atoms with Crippen molar-refractivity contribution >= 4 is 17.9 Å². The second kappa shape index (κ2) is 9.41. The lowest BCUT2D eigenvalue weighted by Crippen LogP contribution is -2.48. The van der Waals surface area contributed by atoms with Gasteiger partial charge in [0, 0.05) is 31.4 Å². The van der Waals surface area contributed by atoms with Crippen LogP contribution in [0.3, 0.4) is 0 Å². The maximum Gasteiger partial charge on any atom is 0.407 e. The van der Waals surface area contributed by atoms with Crippen LogP contribution in [0, 0.1) is 12.8 Å². The fourth-order valence-corrected chi connectivity index (χ4v) is 4.90. The molecule has 1 atom stereocenters. The number of hydrogen-bond donors (Lipinski definition) is 3. The minimum atomic E-state index is -0.478. The Morgan fingerprint density at radius 1 is 1.21 bits per heavy atom. The topological polar surface area (TPSA) is 91.4 Å². The summed E-state index contributed by atoms with van der Waals surface area (Å²) < 4.78 is 5.42. The van der Waals surface area contributed by atoms with E-state index in [4.69, 9.17) is 9.72 Å². The first-order valence-corrected chi connectivity index (χ1v) is 12.2. The number of aromatic nitrogens is 2. The van der Waals surface area contributed by atoms with E-state index in [0.29, 0.717) is 11.9 Å². The molecule has 1 fully saturated rings. The van der Waals surface area contributed by atoms with Gasteiger partial charge in [0.2, 0.25) is 5.95 Å². The fraction of sp³-hybridized carbons (Fsp3) is 0.577. The number of fused-ring (bicyclic) bond motifs is 1. The third-order valence-corrected chi connectivity index (χ3v) is 6.78. The molecule has 184 valence electrons. The normalized spacial score (nSPS) is 24.5. The van der Waals surface area contributed by atoms with Gasteiger partial charge in [0.1, 0.15) is 5.60 Å². The zero-order chi connectivity index (χ0) is 24.5. The predicted octanol–water partition coefficient (Wildman–Crippen LogP) is 4.50. The number of benzene rings is 1. The van der Waals surface area contributed by atoms with Crippen LogP contribution in [0.15, 0.2) is 30.5 Å². The standard InChI is InChI=1S/C26H38N6O2/c1-17-7-11-19(12-8-17)26(5)21-15-28-23(27-6)30-22(21)32(31-26)16-18-9-13-20(14-10-18)29-24(33)34-25(2,3)4/h7-8,11-12,15,18,20,31H,9-10,13-14,16H2,1-6H3,(H,29,33)(H,27,28,30). The van der Waals surface area contributed by atoms with Crippen LogP contribution in [0.25, 0.3) is 0 Å². The Morgan fingerprint density at radius 2 is 1.88 bits per heavy atom. The summed E-state index contributed by atoms with van der Waals surface area (Å²) in [6.07, 6.45) is 5.59. The van der Waals surface area contributed by atoms with Crippen LogP contribution in [0.5, 0.6) is 0 Å². The van der Waals surface area contributed by atoms with Crippen molar-refractivity contribution in [1.29, 1.82) is 0 Å². The van der Waals surface area contributed by atoms with Gasteiger partial charge in [0.15, 0.2) is 5.82 Å². The molecule has 34 heavy (non-hydrogen) atoms. The number of anilines is 2. The minimum absolute atomic E-state index is 0.168. The van der Waals surface area contributed by atoms with E-state index in [1.807, 2.05) is 34.0 Å². The molecular formula is C26H38N6O2. The Balaban J connectivity index is 1.45. The van der Waals surface area contributed by atoms with Crippen molar-refractivity contribution < 1.29 is 9.53 Å². The van der Waals surface area contributed by atoms with Gasteiger partial charge in [-0.3, -0.25) is 5.01 Å². The monoisotopic (exact) mass is 466 g/mol. The smallest absolute Gasteiger partial charge is 0.407 e. The van der Waals surface area contributed by atoms with Crippen molar-refractivity contribution in [2.45, 2.75) is 77.5 Å². The quantitative estimate of drug-likeness (QED) is 0.598. The zero-order valence-electron chi connectivity index (χ0n) is 21.2. The van der Waals surface area contributed by atoms with E-state index in [9.17, 15) is 4.79 Å². The Labute approximate surface area is 202 Å². The molecule has 2 aliphatic rings. The molecule has 1 aliphatic carbocycles. The van der Waals surface area contributed by atoms with Gasteiger partial charge in [-0.05, 0) is 71.8 Å². The van der Waals surface area contributed by atoms with Gasteiger partial charge in [-0.2, -0.15) is 4.98 Å². The molecule has 1 unspecified atom stereocenters. The number of amides is 1. The molecule has 8 nitrogen and oxygen atoms in total. The lowest BCUT2D eigenvalue weighted by atomic mass is 9.86. The van der Waals surface area contributed by atoms with Crippen molar-refractivity contribution in [3.63, 3.8) is 0 Å². The van der Waals surface area contributed by atoms with Gasteiger partial charge >= 0.3 is 6.09 Å². The summed E-state index contributed by atoms with van der Waals surface area (Å²) in [5.41, 5.74) is 6.38. The molecule has 4 rings (SSSR count). The third-order valence-electron chi connectivity index (χ3n) is 6.78. The second-order valence-corrected chi connectivity index (χ2v) is 10.8. The Morgan fingerprint density at radius 3 is 2.50 bits per heavy atom. The average Bonchev–Trinajstić information content (AvgIpc) is 3.06. The van der Waals surface area contributed by atoms with Crippen LogP contribution in [0.4, 0.5) is 16.6 Å². The number of nitrogens with one attached hydrogen (secondary N) is 3. The van der Waals surface area contributed by atoms with Crippen molar-refractivity contribution in [3.8, 4) is 0 Å². The molecule has 2 heterocycles. The van der Waals surface area contributed by atoms with Crippen molar-refractivity contribution in [2.75, 3.05) is 23.9 Å². The highest BCUT2D eigenvalue weighted by Gasteiger charge is 2.42. The summed E-state index contributed by atoms with van der Waals surface area (Å²) in [5.74, 6) is 2.05. The van der Waals surface area contributed by atoms with Crippen LogP contribution in [0.1, 0.15) is 70.1 Å². The van der Waals surface area contributed by atoms with E-state index in [-0.39, 0.29) is 12.1 Å². The van der Waals surface area contributed by atoms with Gasteiger partial charge in [-0.1, -0.05) is 29.8 Å². The Bertz CT molecular complexity index is 1010. The molecule has 3 N–H and O–H groups in total. The van der Waals surface area contributed by atoms with Crippen LogP contribution in [-0.2, 0) is 10.3 Å². The maximum absolute atomic E-state index is 12.1. The molecule has 0 saturated heterocycles. The molecule has 0 radical (unpaired) electrons. The number of carbonyl (C=O) groups is 1. The molecule has 1 saturated carbocycles. The summed E-state index contributed by atoms with van der Waals surface area (Å²) in [5, 5.41) is 8.31. The van der Waals surface area contributed by atoms with Gasteiger partial charge in [0.25, 0.3) is 0 Å². The van der Waals surface area contributed by atoms with Gasteiger partial charge < -0.3 is 15.4 Å². The van der Waals surface area contributed by atoms with E-state index in [0.717, 1.165) is 43.6 Å². The van der Waals surface area contributed by atoms with E-state index in [1.165, 1.54) is 11.1 Å². The molecule has 1 aliphatic heterocycles. The highest BCUT2D eigenvalue weighted by atomic mass is 16.6. The molecule has 1 aromatic carbocycles. The summed E-state index contributed by atoms with van der Waals surface area (Å²) in [6, 6.07) is 8.81. The van der Waals surface area contributed by atoms with Crippen LogP contribution < -0.4 is 21.1 Å². The third kappa shape index (κ3) is 5.27.